The Morgan fingerprint density at radius 1 is 0.976 bits per heavy atom. The van der Waals surface area contributed by atoms with Crippen molar-refractivity contribution in [3.63, 3.8) is 0 Å². The van der Waals surface area contributed by atoms with Gasteiger partial charge >= 0.3 is 0 Å². The minimum Gasteiger partial charge on any atom is -0.467 e. The van der Waals surface area contributed by atoms with E-state index in [2.05, 4.69) is 30.4 Å². The zero-order valence-electron chi connectivity index (χ0n) is 22.9. The van der Waals surface area contributed by atoms with Crippen LogP contribution in [0.15, 0.2) is 102 Å². The van der Waals surface area contributed by atoms with Crippen LogP contribution in [0.4, 0.5) is 5.82 Å². The van der Waals surface area contributed by atoms with Gasteiger partial charge in [-0.2, -0.15) is 5.10 Å². The number of hydrogen-bond donors (Lipinski definition) is 1. The van der Waals surface area contributed by atoms with Crippen LogP contribution in [-0.2, 0) is 16.1 Å². The molecule has 2 aromatic heterocycles. The van der Waals surface area contributed by atoms with Gasteiger partial charge in [0.25, 0.3) is 0 Å². The van der Waals surface area contributed by atoms with Crippen LogP contribution in [0.3, 0.4) is 0 Å². The lowest BCUT2D eigenvalue weighted by Crippen LogP contribution is -2.42. The lowest BCUT2D eigenvalue weighted by molar-refractivity contribution is -0.123. The summed E-state index contributed by atoms with van der Waals surface area (Å²) >= 11 is 1.57. The van der Waals surface area contributed by atoms with Gasteiger partial charge in [-0.05, 0) is 43.7 Å². The van der Waals surface area contributed by atoms with Gasteiger partial charge in [0.2, 0.25) is 11.8 Å². The normalized spacial score (nSPS) is 14.9. The molecular weight excluding hydrogens is 532 g/mol. The Morgan fingerprint density at radius 3 is 2.51 bits per heavy atom. The first-order valence-electron chi connectivity index (χ1n) is 13.5. The molecule has 1 aliphatic heterocycles. The number of aromatic nitrogens is 2. The van der Waals surface area contributed by atoms with Gasteiger partial charge in [-0.25, -0.2) is 4.68 Å². The SMILES string of the molecule is Cc1ccc(-n2nc(-c3ccccc3)c3c2N(CC(=O)NCc2ccco2)C(=O)CS[C@@H]3c2cccc(C)c2)cc1. The molecule has 206 valence electrons. The number of amides is 2. The summed E-state index contributed by atoms with van der Waals surface area (Å²) in [6.45, 7) is 4.21. The van der Waals surface area contributed by atoms with Crippen LogP contribution in [0.5, 0.6) is 0 Å². The largest absolute Gasteiger partial charge is 0.467 e. The predicted molar refractivity (Wildman–Crippen MR) is 162 cm³/mol. The molecule has 5 aromatic rings. The molecule has 0 bridgehead atoms. The topological polar surface area (TPSA) is 80.4 Å². The van der Waals surface area contributed by atoms with E-state index in [-0.39, 0.29) is 35.9 Å². The van der Waals surface area contributed by atoms with Crippen molar-refractivity contribution in [2.24, 2.45) is 0 Å². The summed E-state index contributed by atoms with van der Waals surface area (Å²) in [6, 6.07) is 30.0. The van der Waals surface area contributed by atoms with Crippen molar-refractivity contribution in [3.05, 3.63) is 125 Å². The molecule has 7 nitrogen and oxygen atoms in total. The summed E-state index contributed by atoms with van der Waals surface area (Å²) in [7, 11) is 0. The second-order valence-corrected chi connectivity index (χ2v) is 11.2. The highest BCUT2D eigenvalue weighted by molar-refractivity contribution is 8.00. The highest BCUT2D eigenvalue weighted by atomic mass is 32.2. The summed E-state index contributed by atoms with van der Waals surface area (Å²) in [4.78, 5) is 28.7. The van der Waals surface area contributed by atoms with Crippen molar-refractivity contribution in [1.82, 2.24) is 15.1 Å². The minimum atomic E-state index is -0.280. The number of carbonyl (C=O) groups is 2. The van der Waals surface area contributed by atoms with E-state index in [0.717, 1.165) is 39.2 Å². The van der Waals surface area contributed by atoms with Crippen molar-refractivity contribution in [2.45, 2.75) is 25.6 Å². The molecule has 0 radical (unpaired) electrons. The van der Waals surface area contributed by atoms with E-state index >= 15 is 0 Å². The third kappa shape index (κ3) is 5.56. The molecule has 6 rings (SSSR count). The van der Waals surface area contributed by atoms with E-state index in [0.29, 0.717) is 11.6 Å². The molecule has 3 heterocycles. The first-order chi connectivity index (χ1) is 20.0. The Hall–Kier alpha value is -4.56. The second kappa shape index (κ2) is 11.5. The highest BCUT2D eigenvalue weighted by Gasteiger charge is 2.37. The number of furan rings is 1. The zero-order valence-corrected chi connectivity index (χ0v) is 23.7. The van der Waals surface area contributed by atoms with Gasteiger partial charge in [0.15, 0.2) is 0 Å². The van der Waals surface area contributed by atoms with Crippen LogP contribution in [0, 0.1) is 13.8 Å². The number of nitrogens with zero attached hydrogens (tertiary/aromatic N) is 3. The number of aryl methyl sites for hydroxylation is 2. The molecule has 2 amide bonds. The predicted octanol–water partition coefficient (Wildman–Crippen LogP) is 6.23. The fraction of sp³-hybridized carbons (Fsp3) is 0.182. The van der Waals surface area contributed by atoms with Gasteiger partial charge < -0.3 is 9.73 Å². The molecule has 0 saturated heterocycles. The van der Waals surface area contributed by atoms with E-state index < -0.39 is 0 Å². The average molecular weight is 563 g/mol. The number of carbonyl (C=O) groups excluding carboxylic acids is 2. The van der Waals surface area contributed by atoms with Crippen molar-refractivity contribution < 1.29 is 14.0 Å². The van der Waals surface area contributed by atoms with Crippen LogP contribution in [-0.4, -0.2) is 33.9 Å². The number of anilines is 1. The quantitative estimate of drug-likeness (QED) is 0.254. The molecule has 3 aromatic carbocycles. The third-order valence-electron chi connectivity index (χ3n) is 7.10. The third-order valence-corrected chi connectivity index (χ3v) is 8.36. The number of nitrogens with one attached hydrogen (secondary N) is 1. The number of thioether (sulfide) groups is 1. The molecule has 0 unspecified atom stereocenters. The van der Waals surface area contributed by atoms with Gasteiger partial charge in [-0.1, -0.05) is 77.9 Å². The average Bonchev–Trinajstić information content (AvgIpc) is 3.62. The van der Waals surface area contributed by atoms with E-state index in [9.17, 15) is 9.59 Å². The summed E-state index contributed by atoms with van der Waals surface area (Å²) in [5, 5.41) is 7.87. The zero-order chi connectivity index (χ0) is 28.3. The van der Waals surface area contributed by atoms with Gasteiger partial charge in [0.1, 0.15) is 18.1 Å². The molecule has 1 aliphatic rings. The number of hydrogen-bond acceptors (Lipinski definition) is 5. The summed E-state index contributed by atoms with van der Waals surface area (Å²) in [6.07, 6.45) is 1.57. The number of benzene rings is 3. The Morgan fingerprint density at radius 2 is 1.78 bits per heavy atom. The maximum atomic E-state index is 13.8. The standard InChI is InChI=1S/C33H30N4O3S/c1-22-13-15-26(16-14-22)37-33-30(31(35-37)24-9-4-3-5-10-24)32(25-11-6-8-23(2)18-25)41-21-29(39)36(33)20-28(38)34-19-27-12-7-17-40-27/h3-18,32H,19-21H2,1-2H3,(H,34,38)/t32-/m1/s1. The molecule has 1 N–H and O–H groups in total. The van der Waals surface area contributed by atoms with Crippen molar-refractivity contribution >= 4 is 29.4 Å². The van der Waals surface area contributed by atoms with Crippen LogP contribution in [0.25, 0.3) is 16.9 Å². The summed E-state index contributed by atoms with van der Waals surface area (Å²) in [5.74, 6) is 1.06. The van der Waals surface area contributed by atoms with Gasteiger partial charge in [0.05, 0.1) is 35.2 Å². The fourth-order valence-electron chi connectivity index (χ4n) is 5.09. The van der Waals surface area contributed by atoms with E-state index in [1.165, 1.54) is 0 Å². The molecular formula is C33H30N4O3S. The van der Waals surface area contributed by atoms with E-state index in [1.807, 2.05) is 72.3 Å². The van der Waals surface area contributed by atoms with Crippen molar-refractivity contribution in [1.29, 1.82) is 0 Å². The monoisotopic (exact) mass is 562 g/mol. The molecule has 8 heteroatoms. The maximum absolute atomic E-state index is 13.8. The van der Waals surface area contributed by atoms with E-state index in [1.54, 1.807) is 35.1 Å². The molecule has 0 saturated carbocycles. The summed E-state index contributed by atoms with van der Waals surface area (Å²) in [5.41, 5.74) is 6.82. The van der Waals surface area contributed by atoms with E-state index in [4.69, 9.17) is 9.52 Å². The van der Waals surface area contributed by atoms with Gasteiger partial charge in [-0.3, -0.25) is 14.5 Å². The highest BCUT2D eigenvalue weighted by Crippen LogP contribution is 2.48. The fourth-order valence-corrected chi connectivity index (χ4v) is 6.28. The minimum absolute atomic E-state index is 0.139. The summed E-state index contributed by atoms with van der Waals surface area (Å²) < 4.78 is 7.19. The lowest BCUT2D eigenvalue weighted by Gasteiger charge is -2.23. The molecule has 0 spiro atoms. The van der Waals surface area contributed by atoms with Crippen molar-refractivity contribution in [3.8, 4) is 16.9 Å². The van der Waals surface area contributed by atoms with Gasteiger partial charge in [0, 0.05) is 11.1 Å². The number of rotatable bonds is 7. The smallest absolute Gasteiger partial charge is 0.240 e. The Labute approximate surface area is 243 Å². The first kappa shape index (κ1) is 26.7. The molecule has 41 heavy (non-hydrogen) atoms. The van der Waals surface area contributed by atoms with Crippen LogP contribution in [0.2, 0.25) is 0 Å². The van der Waals surface area contributed by atoms with Crippen molar-refractivity contribution in [2.75, 3.05) is 17.2 Å². The first-order valence-corrected chi connectivity index (χ1v) is 14.6. The molecule has 1 atom stereocenters. The van der Waals surface area contributed by atoms with Gasteiger partial charge in [-0.15, -0.1) is 11.8 Å². The second-order valence-electron chi connectivity index (χ2n) is 10.1. The van der Waals surface area contributed by atoms with Crippen LogP contribution >= 0.6 is 11.8 Å². The molecule has 0 fully saturated rings. The lowest BCUT2D eigenvalue weighted by atomic mass is 9.98. The number of fused-ring (bicyclic) bond motifs is 1. The Kier molecular flexibility index (Phi) is 7.48. The maximum Gasteiger partial charge on any atom is 0.240 e. The molecule has 0 aliphatic carbocycles. The Bertz CT molecular complexity index is 1680. The van der Waals surface area contributed by atoms with Crippen LogP contribution in [0.1, 0.15) is 33.3 Å². The Balaban J connectivity index is 1.53. The van der Waals surface area contributed by atoms with Crippen LogP contribution < -0.4 is 10.2 Å².